The minimum atomic E-state index is -4.45. The molecule has 0 aliphatic heterocycles. The minimum absolute atomic E-state index is 0.00506. The molecule has 3 nitrogen and oxygen atoms in total. The van der Waals surface area contributed by atoms with E-state index in [9.17, 15) is 18.0 Å². The molecule has 1 aromatic heterocycles. The molecule has 3 aromatic carbocycles. The summed E-state index contributed by atoms with van der Waals surface area (Å²) in [5.74, 6) is -0.302. The Balaban J connectivity index is 1.43. The van der Waals surface area contributed by atoms with Gasteiger partial charge in [-0.25, -0.2) is 0 Å². The third-order valence-electron chi connectivity index (χ3n) is 4.74. The van der Waals surface area contributed by atoms with Gasteiger partial charge >= 0.3 is 6.18 Å². The largest absolute Gasteiger partial charge is 0.451 e. The Labute approximate surface area is 182 Å². The number of anilines is 1. The first-order valence-corrected chi connectivity index (χ1v) is 9.80. The highest BCUT2D eigenvalue weighted by molar-refractivity contribution is 6.02. The normalized spacial score (nSPS) is 11.6. The Morgan fingerprint density at radius 3 is 2.16 bits per heavy atom. The van der Waals surface area contributed by atoms with E-state index in [0.29, 0.717) is 5.69 Å². The number of hydrogen-bond acceptors (Lipinski definition) is 2. The predicted octanol–water partition coefficient (Wildman–Crippen LogP) is 7.39. The van der Waals surface area contributed by atoms with Crippen LogP contribution in [0.2, 0.25) is 0 Å². The summed E-state index contributed by atoms with van der Waals surface area (Å²) < 4.78 is 44.3. The first kappa shape index (κ1) is 21.2. The summed E-state index contributed by atoms with van der Waals surface area (Å²) in [4.78, 5) is 12.5. The second-order valence-corrected chi connectivity index (χ2v) is 7.06. The summed E-state index contributed by atoms with van der Waals surface area (Å²) in [5.41, 5.74) is 2.09. The molecule has 0 aliphatic rings. The monoisotopic (exact) mass is 433 g/mol. The van der Waals surface area contributed by atoms with Crippen molar-refractivity contribution in [2.24, 2.45) is 0 Å². The maximum atomic E-state index is 12.9. The van der Waals surface area contributed by atoms with Crippen molar-refractivity contribution in [2.75, 3.05) is 5.32 Å². The molecule has 0 atom stereocenters. The van der Waals surface area contributed by atoms with E-state index < -0.39 is 17.6 Å². The Hall–Kier alpha value is -4.06. The van der Waals surface area contributed by atoms with Gasteiger partial charge in [0.1, 0.15) is 5.76 Å². The Bertz CT molecular complexity index is 1240. The van der Waals surface area contributed by atoms with Gasteiger partial charge in [0.15, 0.2) is 5.76 Å². The number of furan rings is 1. The van der Waals surface area contributed by atoms with Crippen LogP contribution in [-0.2, 0) is 6.18 Å². The van der Waals surface area contributed by atoms with Crippen molar-refractivity contribution >= 4 is 23.7 Å². The molecule has 6 heteroatoms. The van der Waals surface area contributed by atoms with E-state index in [1.807, 2.05) is 54.6 Å². The van der Waals surface area contributed by atoms with Crippen LogP contribution in [-0.4, -0.2) is 5.91 Å². The average Bonchev–Trinajstić information content (AvgIpc) is 3.29. The molecule has 160 valence electrons. The van der Waals surface area contributed by atoms with Crippen molar-refractivity contribution < 1.29 is 22.4 Å². The number of benzene rings is 3. The smallest absolute Gasteiger partial charge is 0.416 e. The van der Waals surface area contributed by atoms with E-state index in [2.05, 4.69) is 5.32 Å². The third kappa shape index (κ3) is 5.16. The van der Waals surface area contributed by atoms with Crippen LogP contribution in [0.25, 0.3) is 23.5 Å². The van der Waals surface area contributed by atoms with Crippen LogP contribution in [0.1, 0.15) is 27.2 Å². The summed E-state index contributed by atoms with van der Waals surface area (Å²) >= 11 is 0. The number of rotatable bonds is 5. The van der Waals surface area contributed by atoms with Crippen molar-refractivity contribution in [1.82, 2.24) is 0 Å². The number of carbonyl (C=O) groups is 1. The predicted molar refractivity (Wildman–Crippen MR) is 119 cm³/mol. The van der Waals surface area contributed by atoms with Gasteiger partial charge in [0, 0.05) is 11.3 Å². The maximum Gasteiger partial charge on any atom is 0.416 e. The van der Waals surface area contributed by atoms with Crippen molar-refractivity contribution in [2.45, 2.75) is 6.18 Å². The lowest BCUT2D eigenvalue weighted by Gasteiger charge is -2.07. The van der Waals surface area contributed by atoms with Gasteiger partial charge in [0.2, 0.25) is 0 Å². The van der Waals surface area contributed by atoms with Crippen LogP contribution < -0.4 is 5.32 Å². The van der Waals surface area contributed by atoms with E-state index in [-0.39, 0.29) is 17.1 Å². The molecule has 0 saturated carbocycles. The molecule has 4 rings (SSSR count). The molecule has 0 unspecified atom stereocenters. The average molecular weight is 433 g/mol. The van der Waals surface area contributed by atoms with Gasteiger partial charge in [-0.15, -0.1) is 0 Å². The number of nitrogens with one attached hydrogen (secondary N) is 1. The summed E-state index contributed by atoms with van der Waals surface area (Å²) in [6.45, 7) is 0. The summed E-state index contributed by atoms with van der Waals surface area (Å²) in [6.07, 6.45) is -0.494. The molecule has 32 heavy (non-hydrogen) atoms. The fourth-order valence-electron chi connectivity index (χ4n) is 3.09. The van der Waals surface area contributed by atoms with Crippen LogP contribution in [0.15, 0.2) is 95.4 Å². The van der Waals surface area contributed by atoms with E-state index in [4.69, 9.17) is 4.42 Å². The zero-order chi connectivity index (χ0) is 22.6. The fraction of sp³-hybridized carbons (Fsp3) is 0.0385. The zero-order valence-electron chi connectivity index (χ0n) is 16.8. The molecule has 1 heterocycles. The summed E-state index contributed by atoms with van der Waals surface area (Å²) in [6, 6.07) is 24.8. The van der Waals surface area contributed by atoms with Crippen LogP contribution in [0.5, 0.6) is 0 Å². The second kappa shape index (κ2) is 8.98. The van der Waals surface area contributed by atoms with Crippen LogP contribution in [0.3, 0.4) is 0 Å². The van der Waals surface area contributed by atoms with Gasteiger partial charge in [-0.1, -0.05) is 66.7 Å². The SMILES string of the molecule is O=C(Nc1ccc(/C=C/c2ccccc2)cc1)c1ccc(-c2cccc(C(F)(F)F)c2)o1. The highest BCUT2D eigenvalue weighted by Crippen LogP contribution is 2.32. The number of amides is 1. The molecule has 0 bridgehead atoms. The van der Waals surface area contributed by atoms with E-state index in [1.54, 1.807) is 12.1 Å². The maximum absolute atomic E-state index is 12.9. The molecule has 0 spiro atoms. The molecule has 0 radical (unpaired) electrons. The molecule has 0 fully saturated rings. The van der Waals surface area contributed by atoms with E-state index >= 15 is 0 Å². The van der Waals surface area contributed by atoms with Gasteiger partial charge in [0.25, 0.3) is 5.91 Å². The van der Waals surface area contributed by atoms with Gasteiger partial charge < -0.3 is 9.73 Å². The molecule has 1 amide bonds. The Kier molecular flexibility index (Phi) is 5.94. The molecule has 0 saturated heterocycles. The zero-order valence-corrected chi connectivity index (χ0v) is 16.8. The lowest BCUT2D eigenvalue weighted by molar-refractivity contribution is -0.137. The summed E-state index contributed by atoms with van der Waals surface area (Å²) in [7, 11) is 0. The number of alkyl halides is 3. The molecule has 4 aromatic rings. The van der Waals surface area contributed by atoms with E-state index in [0.717, 1.165) is 23.3 Å². The van der Waals surface area contributed by atoms with Crippen molar-refractivity contribution in [3.05, 3.63) is 113 Å². The molecular formula is C26H18F3NO2. The lowest BCUT2D eigenvalue weighted by Crippen LogP contribution is -2.10. The lowest BCUT2D eigenvalue weighted by atomic mass is 10.1. The van der Waals surface area contributed by atoms with Crippen LogP contribution >= 0.6 is 0 Å². The number of hydrogen-bond donors (Lipinski definition) is 1. The number of carbonyl (C=O) groups excluding carboxylic acids is 1. The molecule has 0 aliphatic carbocycles. The van der Waals surface area contributed by atoms with Crippen molar-refractivity contribution in [3.8, 4) is 11.3 Å². The van der Waals surface area contributed by atoms with Crippen molar-refractivity contribution in [3.63, 3.8) is 0 Å². The first-order chi connectivity index (χ1) is 15.4. The van der Waals surface area contributed by atoms with Crippen LogP contribution in [0, 0.1) is 0 Å². The second-order valence-electron chi connectivity index (χ2n) is 7.06. The minimum Gasteiger partial charge on any atom is -0.451 e. The third-order valence-corrected chi connectivity index (χ3v) is 4.74. The first-order valence-electron chi connectivity index (χ1n) is 9.80. The molecular weight excluding hydrogens is 415 g/mol. The van der Waals surface area contributed by atoms with Gasteiger partial charge in [-0.05, 0) is 47.5 Å². The quantitative estimate of drug-likeness (QED) is 0.334. The van der Waals surface area contributed by atoms with Gasteiger partial charge in [-0.2, -0.15) is 13.2 Å². The highest BCUT2D eigenvalue weighted by atomic mass is 19.4. The van der Waals surface area contributed by atoms with Crippen molar-refractivity contribution in [1.29, 1.82) is 0 Å². The molecule has 1 N–H and O–H groups in total. The number of halogens is 3. The fourth-order valence-corrected chi connectivity index (χ4v) is 3.09. The Morgan fingerprint density at radius 2 is 1.47 bits per heavy atom. The van der Waals surface area contributed by atoms with Gasteiger partial charge in [-0.3, -0.25) is 4.79 Å². The van der Waals surface area contributed by atoms with Crippen LogP contribution in [0.4, 0.5) is 18.9 Å². The van der Waals surface area contributed by atoms with Gasteiger partial charge in [0.05, 0.1) is 5.56 Å². The summed E-state index contributed by atoms with van der Waals surface area (Å²) in [5, 5.41) is 2.72. The topological polar surface area (TPSA) is 42.2 Å². The standard InChI is InChI=1S/C26H18F3NO2/c27-26(28,29)21-8-4-7-20(17-21)23-15-16-24(32-23)25(31)30-22-13-11-19(12-14-22)10-9-18-5-2-1-3-6-18/h1-17H,(H,30,31)/b10-9+. The Morgan fingerprint density at radius 1 is 0.781 bits per heavy atom. The van der Waals surface area contributed by atoms with E-state index in [1.165, 1.54) is 24.3 Å². The highest BCUT2D eigenvalue weighted by Gasteiger charge is 2.30.